The zero-order chi connectivity index (χ0) is 10.8. The lowest BCUT2D eigenvalue weighted by Crippen LogP contribution is -2.31. The normalized spacial score (nSPS) is 20.9. The summed E-state index contributed by atoms with van der Waals surface area (Å²) in [6.45, 7) is 0. The number of aliphatic carboxylic acids is 1. The average molecular weight is 220 g/mol. The van der Waals surface area contributed by atoms with Crippen LogP contribution in [0.2, 0.25) is 0 Å². The predicted octanol–water partition coefficient (Wildman–Crippen LogP) is 1.06. The molecule has 5 heteroatoms. The van der Waals surface area contributed by atoms with E-state index in [1.165, 1.54) is 0 Å². The summed E-state index contributed by atoms with van der Waals surface area (Å²) in [6, 6.07) is 0. The molecule has 0 aliphatic heterocycles. The van der Waals surface area contributed by atoms with Crippen molar-refractivity contribution in [1.82, 2.24) is 0 Å². The Morgan fingerprint density at radius 1 is 1.43 bits per heavy atom. The first-order chi connectivity index (χ1) is 6.41. The standard InChI is InChI=1S/C9H16O4S/c1-14(12,13)8(9(10)11)6-7-4-2-3-5-7/h7-8H,2-6H2,1H3,(H,10,11). The number of carbonyl (C=O) groups is 1. The van der Waals surface area contributed by atoms with Gasteiger partial charge in [0.25, 0.3) is 0 Å². The van der Waals surface area contributed by atoms with Gasteiger partial charge in [-0.2, -0.15) is 0 Å². The Labute approximate surface area is 84.2 Å². The van der Waals surface area contributed by atoms with Crippen molar-refractivity contribution in [3.8, 4) is 0 Å². The van der Waals surface area contributed by atoms with E-state index in [4.69, 9.17) is 5.11 Å². The molecule has 0 saturated heterocycles. The minimum Gasteiger partial charge on any atom is -0.480 e. The van der Waals surface area contributed by atoms with Gasteiger partial charge < -0.3 is 5.11 Å². The summed E-state index contributed by atoms with van der Waals surface area (Å²) in [7, 11) is -3.45. The summed E-state index contributed by atoms with van der Waals surface area (Å²) in [4.78, 5) is 10.8. The summed E-state index contributed by atoms with van der Waals surface area (Å²) in [6.07, 6.45) is 5.43. The fraction of sp³-hybridized carbons (Fsp3) is 0.889. The Balaban J connectivity index is 2.65. The Bertz CT molecular complexity index is 301. The van der Waals surface area contributed by atoms with Gasteiger partial charge in [-0.3, -0.25) is 4.79 Å². The minimum atomic E-state index is -3.45. The van der Waals surface area contributed by atoms with E-state index in [0.717, 1.165) is 31.9 Å². The van der Waals surface area contributed by atoms with Crippen LogP contribution in [-0.4, -0.2) is 31.0 Å². The van der Waals surface area contributed by atoms with E-state index in [1.807, 2.05) is 0 Å². The summed E-state index contributed by atoms with van der Waals surface area (Å²) < 4.78 is 22.4. The van der Waals surface area contributed by atoms with Gasteiger partial charge in [-0.05, 0) is 12.3 Å². The lowest BCUT2D eigenvalue weighted by molar-refractivity contribution is -0.136. The van der Waals surface area contributed by atoms with Gasteiger partial charge in [-0.25, -0.2) is 8.42 Å². The lowest BCUT2D eigenvalue weighted by atomic mass is 10.0. The van der Waals surface area contributed by atoms with Crippen molar-refractivity contribution < 1.29 is 18.3 Å². The molecule has 1 rings (SSSR count). The zero-order valence-electron chi connectivity index (χ0n) is 8.27. The second-order valence-electron chi connectivity index (χ2n) is 4.04. The number of sulfone groups is 1. The van der Waals surface area contributed by atoms with Crippen molar-refractivity contribution in [2.75, 3.05) is 6.26 Å². The molecule has 0 radical (unpaired) electrons. The first-order valence-corrected chi connectivity index (χ1v) is 6.78. The van der Waals surface area contributed by atoms with Gasteiger partial charge in [0.15, 0.2) is 15.1 Å². The zero-order valence-corrected chi connectivity index (χ0v) is 9.09. The van der Waals surface area contributed by atoms with Crippen LogP contribution < -0.4 is 0 Å². The molecule has 0 spiro atoms. The van der Waals surface area contributed by atoms with Crippen molar-refractivity contribution in [3.63, 3.8) is 0 Å². The van der Waals surface area contributed by atoms with Crippen molar-refractivity contribution in [2.45, 2.75) is 37.4 Å². The van der Waals surface area contributed by atoms with Crippen LogP contribution in [0.1, 0.15) is 32.1 Å². The van der Waals surface area contributed by atoms with E-state index >= 15 is 0 Å². The Hall–Kier alpha value is -0.580. The van der Waals surface area contributed by atoms with Gasteiger partial charge in [-0.15, -0.1) is 0 Å². The van der Waals surface area contributed by atoms with Gasteiger partial charge in [0.05, 0.1) is 0 Å². The van der Waals surface area contributed by atoms with Crippen molar-refractivity contribution in [1.29, 1.82) is 0 Å². The molecule has 1 N–H and O–H groups in total. The van der Waals surface area contributed by atoms with Crippen LogP contribution >= 0.6 is 0 Å². The molecule has 1 aliphatic rings. The maximum atomic E-state index is 11.2. The highest BCUT2D eigenvalue weighted by Gasteiger charge is 2.32. The molecular formula is C9H16O4S. The quantitative estimate of drug-likeness (QED) is 0.769. The lowest BCUT2D eigenvalue weighted by Gasteiger charge is -2.14. The van der Waals surface area contributed by atoms with E-state index in [-0.39, 0.29) is 12.3 Å². The Kier molecular flexibility index (Phi) is 3.53. The highest BCUT2D eigenvalue weighted by molar-refractivity contribution is 7.92. The molecule has 82 valence electrons. The van der Waals surface area contributed by atoms with Crippen molar-refractivity contribution in [2.24, 2.45) is 5.92 Å². The summed E-state index contributed by atoms with van der Waals surface area (Å²) in [5.41, 5.74) is 0. The van der Waals surface area contributed by atoms with Crippen molar-refractivity contribution >= 4 is 15.8 Å². The van der Waals surface area contributed by atoms with E-state index < -0.39 is 21.1 Å². The van der Waals surface area contributed by atoms with E-state index in [0.29, 0.717) is 0 Å². The predicted molar refractivity (Wildman–Crippen MR) is 52.8 cm³/mol. The third-order valence-electron chi connectivity index (χ3n) is 2.81. The second kappa shape index (κ2) is 4.29. The molecule has 0 amide bonds. The maximum Gasteiger partial charge on any atom is 0.321 e. The summed E-state index contributed by atoms with van der Waals surface area (Å²) >= 11 is 0. The van der Waals surface area contributed by atoms with Crippen LogP contribution in [0.15, 0.2) is 0 Å². The molecule has 0 heterocycles. The fourth-order valence-corrected chi connectivity index (χ4v) is 3.00. The van der Waals surface area contributed by atoms with E-state index in [9.17, 15) is 13.2 Å². The largest absolute Gasteiger partial charge is 0.480 e. The first kappa shape index (κ1) is 11.5. The molecule has 4 nitrogen and oxygen atoms in total. The van der Waals surface area contributed by atoms with E-state index in [2.05, 4.69) is 0 Å². The van der Waals surface area contributed by atoms with Gasteiger partial charge in [0.1, 0.15) is 0 Å². The molecular weight excluding hydrogens is 204 g/mol. The minimum absolute atomic E-state index is 0.283. The van der Waals surface area contributed by atoms with Gasteiger partial charge >= 0.3 is 5.97 Å². The Morgan fingerprint density at radius 2 is 1.93 bits per heavy atom. The number of carboxylic acids is 1. The SMILES string of the molecule is CS(=O)(=O)C(CC1CCCC1)C(=O)O. The topological polar surface area (TPSA) is 71.4 Å². The highest BCUT2D eigenvalue weighted by atomic mass is 32.2. The summed E-state index contributed by atoms with van der Waals surface area (Å²) in [5, 5.41) is 7.59. The third kappa shape index (κ3) is 2.97. The maximum absolute atomic E-state index is 11.2. The fourth-order valence-electron chi connectivity index (χ4n) is 2.01. The van der Waals surface area contributed by atoms with Crippen LogP contribution in [-0.2, 0) is 14.6 Å². The van der Waals surface area contributed by atoms with Crippen LogP contribution in [0.3, 0.4) is 0 Å². The van der Waals surface area contributed by atoms with Crippen LogP contribution in [0.4, 0.5) is 0 Å². The molecule has 14 heavy (non-hydrogen) atoms. The molecule has 0 bridgehead atoms. The Morgan fingerprint density at radius 3 is 2.29 bits per heavy atom. The average Bonchev–Trinajstić information content (AvgIpc) is 2.48. The molecule has 0 aromatic rings. The second-order valence-corrected chi connectivity index (χ2v) is 6.27. The van der Waals surface area contributed by atoms with Crippen LogP contribution in [0.5, 0.6) is 0 Å². The van der Waals surface area contributed by atoms with Crippen molar-refractivity contribution in [3.05, 3.63) is 0 Å². The van der Waals surface area contributed by atoms with E-state index in [1.54, 1.807) is 0 Å². The van der Waals surface area contributed by atoms with Gasteiger partial charge in [0, 0.05) is 6.26 Å². The molecule has 1 unspecified atom stereocenters. The number of hydrogen-bond acceptors (Lipinski definition) is 3. The number of carboxylic acid groups (broad SMARTS) is 1. The smallest absolute Gasteiger partial charge is 0.321 e. The molecule has 0 aromatic heterocycles. The van der Waals surface area contributed by atoms with Gasteiger partial charge in [-0.1, -0.05) is 25.7 Å². The third-order valence-corrected chi connectivity index (χ3v) is 4.24. The summed E-state index contributed by atoms with van der Waals surface area (Å²) in [5.74, 6) is -0.926. The molecule has 0 aromatic carbocycles. The first-order valence-electron chi connectivity index (χ1n) is 4.83. The number of hydrogen-bond donors (Lipinski definition) is 1. The number of rotatable bonds is 4. The monoisotopic (exact) mass is 220 g/mol. The highest BCUT2D eigenvalue weighted by Crippen LogP contribution is 2.30. The molecule has 1 atom stereocenters. The van der Waals surface area contributed by atoms with Crippen LogP contribution in [0.25, 0.3) is 0 Å². The van der Waals surface area contributed by atoms with Gasteiger partial charge in [0.2, 0.25) is 0 Å². The molecule has 1 aliphatic carbocycles. The van der Waals surface area contributed by atoms with Crippen LogP contribution in [0, 0.1) is 5.92 Å². The molecule has 1 saturated carbocycles. The molecule has 1 fully saturated rings.